The summed E-state index contributed by atoms with van der Waals surface area (Å²) in [4.78, 5) is 13.9. The van der Waals surface area contributed by atoms with E-state index in [0.29, 0.717) is 13.0 Å². The summed E-state index contributed by atoms with van der Waals surface area (Å²) in [5, 5.41) is 7.89. The first kappa shape index (κ1) is 10.4. The van der Waals surface area contributed by atoms with Gasteiger partial charge in [0.1, 0.15) is 0 Å². The Balaban J connectivity index is 3.29. The predicted molar refractivity (Wildman–Crippen MR) is 39.0 cm³/mol. The zero-order valence-electron chi connectivity index (χ0n) is 6.87. The fraction of sp³-hybridized carbons (Fsp3) is 0.857. The van der Waals surface area contributed by atoms with Crippen LogP contribution in [0.3, 0.4) is 0 Å². The summed E-state index contributed by atoms with van der Waals surface area (Å²) in [5.74, 6) is -0.614. The summed E-state index contributed by atoms with van der Waals surface area (Å²) in [6, 6.07) is 0. The lowest BCUT2D eigenvalue weighted by Gasteiger charge is -2.08. The Morgan fingerprint density at radius 1 is 1.64 bits per heavy atom. The van der Waals surface area contributed by atoms with E-state index < -0.39 is 5.97 Å². The Kier molecular flexibility index (Phi) is 5.78. The molecule has 0 rings (SSSR count). The highest BCUT2D eigenvalue weighted by molar-refractivity contribution is 5.68. The van der Waals surface area contributed by atoms with Crippen molar-refractivity contribution in [1.29, 1.82) is 0 Å². The molecule has 0 fully saturated rings. The average Bonchev–Trinajstić information content (AvgIpc) is 2.01. The fourth-order valence-corrected chi connectivity index (χ4v) is 0.735. The van der Waals surface area contributed by atoms with Gasteiger partial charge in [-0.05, 0) is 20.3 Å². The summed E-state index contributed by atoms with van der Waals surface area (Å²) in [6.07, 6.45) is 0.810. The van der Waals surface area contributed by atoms with Gasteiger partial charge in [-0.1, -0.05) is 0 Å². The summed E-state index contributed by atoms with van der Waals surface area (Å²) >= 11 is 0. The summed E-state index contributed by atoms with van der Waals surface area (Å²) in [7, 11) is 0. The van der Waals surface area contributed by atoms with Crippen LogP contribution in [0.4, 0.5) is 0 Å². The maximum absolute atomic E-state index is 10.4. The number of carbonyl (C=O) groups excluding carboxylic acids is 1. The lowest BCUT2D eigenvalue weighted by Crippen LogP contribution is -2.11. The van der Waals surface area contributed by atoms with E-state index in [0.717, 1.165) is 0 Å². The molecular weight excluding hydrogens is 148 g/mol. The van der Waals surface area contributed by atoms with Crippen LogP contribution >= 0.6 is 0 Å². The van der Waals surface area contributed by atoms with Crippen LogP contribution in [0.2, 0.25) is 0 Å². The largest absolute Gasteiger partial charge is 0.379 e. The molecule has 0 spiro atoms. The highest BCUT2D eigenvalue weighted by Gasteiger charge is 2.06. The van der Waals surface area contributed by atoms with E-state index in [4.69, 9.17) is 9.99 Å². The maximum Gasteiger partial charge on any atom is 0.342 e. The average molecular weight is 162 g/mol. The van der Waals surface area contributed by atoms with Crippen LogP contribution in [0.25, 0.3) is 0 Å². The fourth-order valence-electron chi connectivity index (χ4n) is 0.735. The molecule has 0 aliphatic rings. The molecular formula is C7H14O4. The molecule has 4 nitrogen and oxygen atoms in total. The molecule has 0 saturated heterocycles. The number of ether oxygens (including phenoxy) is 1. The van der Waals surface area contributed by atoms with Crippen molar-refractivity contribution in [2.45, 2.75) is 32.8 Å². The normalized spacial score (nSPS) is 12.6. The molecule has 0 aromatic rings. The Labute approximate surface area is 66.0 Å². The molecule has 1 N–H and O–H groups in total. The van der Waals surface area contributed by atoms with Crippen LogP contribution in [0.15, 0.2) is 0 Å². The van der Waals surface area contributed by atoms with Crippen LogP contribution in [0.1, 0.15) is 26.7 Å². The van der Waals surface area contributed by atoms with Gasteiger partial charge in [0.25, 0.3) is 0 Å². The highest BCUT2D eigenvalue weighted by Crippen LogP contribution is 2.01. The van der Waals surface area contributed by atoms with E-state index >= 15 is 0 Å². The molecule has 1 atom stereocenters. The monoisotopic (exact) mass is 162 g/mol. The van der Waals surface area contributed by atoms with Crippen molar-refractivity contribution < 1.29 is 19.7 Å². The van der Waals surface area contributed by atoms with E-state index in [1.54, 1.807) is 0 Å². The van der Waals surface area contributed by atoms with Gasteiger partial charge in [0.15, 0.2) is 0 Å². The van der Waals surface area contributed by atoms with Gasteiger partial charge in [-0.15, -0.1) is 0 Å². The van der Waals surface area contributed by atoms with Crippen LogP contribution in [0.5, 0.6) is 0 Å². The van der Waals surface area contributed by atoms with Crippen molar-refractivity contribution in [3.05, 3.63) is 0 Å². The molecule has 0 heterocycles. The standard InChI is InChI=1S/C7H14O4/c1-3-10-6(2)4-5-7(8)11-9/h6,9H,3-5H2,1-2H3. The smallest absolute Gasteiger partial charge is 0.342 e. The van der Waals surface area contributed by atoms with Crippen molar-refractivity contribution in [2.75, 3.05) is 6.61 Å². The molecule has 0 radical (unpaired) electrons. The molecule has 1 unspecified atom stereocenters. The molecule has 0 aliphatic heterocycles. The Morgan fingerprint density at radius 2 is 2.27 bits per heavy atom. The lowest BCUT2D eigenvalue weighted by atomic mass is 10.2. The van der Waals surface area contributed by atoms with E-state index in [9.17, 15) is 4.79 Å². The topological polar surface area (TPSA) is 55.8 Å². The van der Waals surface area contributed by atoms with Gasteiger partial charge < -0.3 is 9.62 Å². The Morgan fingerprint density at radius 3 is 2.73 bits per heavy atom. The molecule has 0 aromatic carbocycles. The molecule has 66 valence electrons. The van der Waals surface area contributed by atoms with Crippen LogP contribution in [-0.4, -0.2) is 23.9 Å². The summed E-state index contributed by atoms with van der Waals surface area (Å²) in [5.41, 5.74) is 0. The quantitative estimate of drug-likeness (QED) is 0.487. The van der Waals surface area contributed by atoms with Gasteiger partial charge in [-0.25, -0.2) is 4.79 Å². The number of carbonyl (C=O) groups is 1. The second-order valence-electron chi connectivity index (χ2n) is 2.27. The zero-order valence-corrected chi connectivity index (χ0v) is 6.87. The first-order valence-corrected chi connectivity index (χ1v) is 3.66. The minimum atomic E-state index is -0.614. The number of rotatable bonds is 5. The van der Waals surface area contributed by atoms with E-state index in [1.165, 1.54) is 0 Å². The summed E-state index contributed by atoms with van der Waals surface area (Å²) in [6.45, 7) is 4.39. The minimum absolute atomic E-state index is 0.0408. The van der Waals surface area contributed by atoms with Gasteiger partial charge >= 0.3 is 5.97 Å². The SMILES string of the molecule is CCOC(C)CCC(=O)OO. The van der Waals surface area contributed by atoms with Crippen molar-refractivity contribution in [3.8, 4) is 0 Å². The minimum Gasteiger partial charge on any atom is -0.379 e. The molecule has 4 heteroatoms. The second kappa shape index (κ2) is 6.12. The van der Waals surface area contributed by atoms with Gasteiger partial charge in [0, 0.05) is 6.61 Å². The van der Waals surface area contributed by atoms with Crippen LogP contribution in [-0.2, 0) is 14.4 Å². The number of hydrogen-bond acceptors (Lipinski definition) is 4. The van der Waals surface area contributed by atoms with E-state index in [1.807, 2.05) is 13.8 Å². The molecule has 0 bridgehead atoms. The molecule has 0 saturated carbocycles. The lowest BCUT2D eigenvalue weighted by molar-refractivity contribution is -0.234. The highest BCUT2D eigenvalue weighted by atomic mass is 17.1. The molecule has 0 aliphatic carbocycles. The zero-order chi connectivity index (χ0) is 8.69. The second-order valence-corrected chi connectivity index (χ2v) is 2.27. The van der Waals surface area contributed by atoms with Crippen molar-refractivity contribution in [2.24, 2.45) is 0 Å². The van der Waals surface area contributed by atoms with Crippen molar-refractivity contribution in [3.63, 3.8) is 0 Å². The Hall–Kier alpha value is -0.610. The van der Waals surface area contributed by atoms with E-state index in [2.05, 4.69) is 4.89 Å². The first-order valence-electron chi connectivity index (χ1n) is 3.66. The molecule has 0 aromatic heterocycles. The molecule has 11 heavy (non-hydrogen) atoms. The molecule has 0 amide bonds. The van der Waals surface area contributed by atoms with Gasteiger partial charge in [-0.3, -0.25) is 0 Å². The maximum atomic E-state index is 10.4. The third-order valence-electron chi connectivity index (χ3n) is 1.31. The van der Waals surface area contributed by atoms with Crippen LogP contribution < -0.4 is 0 Å². The van der Waals surface area contributed by atoms with Crippen molar-refractivity contribution >= 4 is 5.97 Å². The van der Waals surface area contributed by atoms with Crippen LogP contribution in [0, 0.1) is 0 Å². The summed E-state index contributed by atoms with van der Waals surface area (Å²) < 4.78 is 5.15. The van der Waals surface area contributed by atoms with Gasteiger partial charge in [0.05, 0.1) is 12.5 Å². The van der Waals surface area contributed by atoms with Gasteiger partial charge in [-0.2, -0.15) is 5.26 Å². The number of hydrogen-bond donors (Lipinski definition) is 1. The third-order valence-corrected chi connectivity index (χ3v) is 1.31. The van der Waals surface area contributed by atoms with Crippen molar-refractivity contribution in [1.82, 2.24) is 0 Å². The first-order chi connectivity index (χ1) is 5.20. The Bertz CT molecular complexity index is 113. The predicted octanol–water partition coefficient (Wildman–Crippen LogP) is 1.21. The van der Waals surface area contributed by atoms with Gasteiger partial charge in [0.2, 0.25) is 0 Å². The third kappa shape index (κ3) is 5.82. The van der Waals surface area contributed by atoms with E-state index in [-0.39, 0.29) is 12.5 Å².